The quantitative estimate of drug-likeness (QED) is 0.502. The number of rotatable bonds is 12. The highest BCUT2D eigenvalue weighted by atomic mass is 32.2. The number of ether oxygens (including phenoxy) is 1. The number of carbonyl (C=O) groups excluding carboxylic acids is 2. The Balaban J connectivity index is 1.67. The molecule has 0 unspecified atom stereocenters. The maximum Gasteiger partial charge on any atom is 0.251 e. The van der Waals surface area contributed by atoms with Gasteiger partial charge in [0.1, 0.15) is 5.75 Å². The molecule has 0 aromatic heterocycles. The maximum atomic E-state index is 12.2. The van der Waals surface area contributed by atoms with Gasteiger partial charge in [-0.05, 0) is 49.2 Å². The molecule has 30 heavy (non-hydrogen) atoms. The Kier molecular flexibility index (Phi) is 9.34. The second-order valence-electron chi connectivity index (χ2n) is 6.74. The largest absolute Gasteiger partial charge is 0.494 e. The van der Waals surface area contributed by atoms with E-state index in [-0.39, 0.29) is 42.0 Å². The molecule has 0 fully saturated rings. The highest BCUT2D eigenvalue weighted by molar-refractivity contribution is 7.91. The SMILES string of the molecule is CCCCOc1ccc(C(=O)NCC(=O)NCCCS(=O)(=O)c2ccccc2)cc1. The molecule has 2 amide bonds. The van der Waals surface area contributed by atoms with E-state index in [2.05, 4.69) is 17.6 Å². The number of sulfone groups is 1. The van der Waals surface area contributed by atoms with E-state index in [9.17, 15) is 18.0 Å². The minimum absolute atomic E-state index is 0.0592. The Morgan fingerprint density at radius 1 is 0.933 bits per heavy atom. The van der Waals surface area contributed by atoms with Crippen molar-refractivity contribution < 1.29 is 22.7 Å². The summed E-state index contributed by atoms with van der Waals surface area (Å²) in [4.78, 5) is 24.3. The van der Waals surface area contributed by atoms with E-state index in [4.69, 9.17) is 4.74 Å². The van der Waals surface area contributed by atoms with Gasteiger partial charge in [-0.25, -0.2) is 8.42 Å². The van der Waals surface area contributed by atoms with Crippen molar-refractivity contribution in [1.82, 2.24) is 10.6 Å². The average Bonchev–Trinajstić information content (AvgIpc) is 2.76. The van der Waals surface area contributed by atoms with Crippen molar-refractivity contribution in [2.24, 2.45) is 0 Å². The molecule has 8 heteroatoms. The highest BCUT2D eigenvalue weighted by Crippen LogP contribution is 2.13. The van der Waals surface area contributed by atoms with Gasteiger partial charge in [-0.3, -0.25) is 9.59 Å². The molecule has 162 valence electrons. The number of nitrogens with one attached hydrogen (secondary N) is 2. The van der Waals surface area contributed by atoms with Crippen molar-refractivity contribution in [3.05, 3.63) is 60.2 Å². The molecule has 2 aromatic rings. The van der Waals surface area contributed by atoms with E-state index in [0.29, 0.717) is 17.9 Å². The van der Waals surface area contributed by atoms with Crippen LogP contribution in [0.3, 0.4) is 0 Å². The van der Waals surface area contributed by atoms with Crippen LogP contribution in [0.2, 0.25) is 0 Å². The lowest BCUT2D eigenvalue weighted by Crippen LogP contribution is -2.37. The summed E-state index contributed by atoms with van der Waals surface area (Å²) in [6.07, 6.45) is 2.30. The van der Waals surface area contributed by atoms with Crippen LogP contribution in [0.4, 0.5) is 0 Å². The Hall–Kier alpha value is -2.87. The first-order chi connectivity index (χ1) is 14.4. The molecule has 2 rings (SSSR count). The second kappa shape index (κ2) is 12.0. The highest BCUT2D eigenvalue weighted by Gasteiger charge is 2.13. The van der Waals surface area contributed by atoms with Gasteiger partial charge in [0.15, 0.2) is 9.84 Å². The van der Waals surface area contributed by atoms with Gasteiger partial charge >= 0.3 is 0 Å². The predicted molar refractivity (Wildman–Crippen MR) is 115 cm³/mol. The molecule has 2 aromatic carbocycles. The molecule has 0 aliphatic carbocycles. The molecule has 0 bridgehead atoms. The molecule has 0 heterocycles. The average molecular weight is 433 g/mol. The topological polar surface area (TPSA) is 102 Å². The van der Waals surface area contributed by atoms with Gasteiger partial charge in [-0.15, -0.1) is 0 Å². The predicted octanol–water partition coefficient (Wildman–Crippen LogP) is 2.58. The molecular formula is C22H28N2O5S. The zero-order valence-electron chi connectivity index (χ0n) is 17.1. The zero-order valence-corrected chi connectivity index (χ0v) is 17.9. The van der Waals surface area contributed by atoms with Gasteiger partial charge < -0.3 is 15.4 Å². The van der Waals surface area contributed by atoms with Gasteiger partial charge in [0.25, 0.3) is 5.91 Å². The van der Waals surface area contributed by atoms with E-state index in [1.54, 1.807) is 54.6 Å². The minimum atomic E-state index is -3.36. The van der Waals surface area contributed by atoms with Gasteiger partial charge in [0.05, 0.1) is 23.8 Å². The van der Waals surface area contributed by atoms with Crippen LogP contribution in [0.5, 0.6) is 5.75 Å². The first-order valence-electron chi connectivity index (χ1n) is 9.98. The molecule has 0 spiro atoms. The molecule has 7 nitrogen and oxygen atoms in total. The fourth-order valence-corrected chi connectivity index (χ4v) is 3.93. The van der Waals surface area contributed by atoms with Crippen LogP contribution in [0.15, 0.2) is 59.5 Å². The van der Waals surface area contributed by atoms with E-state index in [1.807, 2.05) is 0 Å². The summed E-state index contributed by atoms with van der Waals surface area (Å²) < 4.78 is 29.9. The summed E-state index contributed by atoms with van der Waals surface area (Å²) in [5, 5.41) is 5.16. The molecule has 0 radical (unpaired) electrons. The van der Waals surface area contributed by atoms with Crippen molar-refractivity contribution in [3.8, 4) is 5.75 Å². The number of amides is 2. The van der Waals surface area contributed by atoms with Crippen LogP contribution in [-0.4, -0.2) is 45.7 Å². The van der Waals surface area contributed by atoms with E-state index >= 15 is 0 Å². The lowest BCUT2D eigenvalue weighted by atomic mass is 10.2. The first kappa shape index (κ1) is 23.4. The fourth-order valence-electron chi connectivity index (χ4n) is 2.60. The first-order valence-corrected chi connectivity index (χ1v) is 11.6. The molecule has 2 N–H and O–H groups in total. The molecule has 0 aliphatic heterocycles. The summed E-state index contributed by atoms with van der Waals surface area (Å²) in [7, 11) is -3.36. The Morgan fingerprint density at radius 3 is 2.30 bits per heavy atom. The standard InChI is InChI=1S/C22H28N2O5S/c1-2-3-15-29-19-12-10-18(11-13-19)22(26)24-17-21(25)23-14-7-16-30(27,28)20-8-5-4-6-9-20/h4-6,8-13H,2-3,7,14-17H2,1H3,(H,23,25)(H,24,26). The minimum Gasteiger partial charge on any atom is -0.494 e. The van der Waals surface area contributed by atoms with E-state index in [1.165, 1.54) is 0 Å². The lowest BCUT2D eigenvalue weighted by molar-refractivity contribution is -0.120. The van der Waals surface area contributed by atoms with Crippen LogP contribution < -0.4 is 15.4 Å². The summed E-state index contributed by atoms with van der Waals surface area (Å²) in [6, 6.07) is 14.9. The van der Waals surface area contributed by atoms with Gasteiger partial charge in [-0.1, -0.05) is 31.5 Å². The van der Waals surface area contributed by atoms with Gasteiger partial charge in [0, 0.05) is 12.1 Å². The smallest absolute Gasteiger partial charge is 0.251 e. The number of hydrogen-bond acceptors (Lipinski definition) is 5. The van der Waals surface area contributed by atoms with Crippen LogP contribution in [0, 0.1) is 0 Å². The molecular weight excluding hydrogens is 404 g/mol. The van der Waals surface area contributed by atoms with Crippen LogP contribution in [0.25, 0.3) is 0 Å². The summed E-state index contributed by atoms with van der Waals surface area (Å²) >= 11 is 0. The van der Waals surface area contributed by atoms with Gasteiger partial charge in [0.2, 0.25) is 5.91 Å². The summed E-state index contributed by atoms with van der Waals surface area (Å²) in [5.41, 5.74) is 0.430. The van der Waals surface area contributed by atoms with Gasteiger partial charge in [-0.2, -0.15) is 0 Å². The molecule has 0 aliphatic rings. The number of unbranched alkanes of at least 4 members (excludes halogenated alkanes) is 1. The zero-order chi connectivity index (χ0) is 21.8. The molecule has 0 saturated heterocycles. The Bertz CT molecular complexity index is 912. The summed E-state index contributed by atoms with van der Waals surface area (Å²) in [6.45, 7) is 2.75. The molecule has 0 atom stereocenters. The lowest BCUT2D eigenvalue weighted by Gasteiger charge is -2.09. The monoisotopic (exact) mass is 432 g/mol. The fraction of sp³-hybridized carbons (Fsp3) is 0.364. The second-order valence-corrected chi connectivity index (χ2v) is 8.85. The van der Waals surface area contributed by atoms with E-state index < -0.39 is 9.84 Å². The third-order valence-corrected chi connectivity index (χ3v) is 6.12. The third kappa shape index (κ3) is 7.87. The third-order valence-electron chi connectivity index (χ3n) is 4.31. The van der Waals surface area contributed by atoms with Crippen LogP contribution >= 0.6 is 0 Å². The normalized spacial score (nSPS) is 11.0. The number of carbonyl (C=O) groups is 2. The maximum absolute atomic E-state index is 12.2. The van der Waals surface area contributed by atoms with Crippen molar-refractivity contribution in [1.29, 1.82) is 0 Å². The van der Waals surface area contributed by atoms with Crippen molar-refractivity contribution in [2.45, 2.75) is 31.1 Å². The van der Waals surface area contributed by atoms with Crippen LogP contribution in [-0.2, 0) is 14.6 Å². The number of benzene rings is 2. The Labute approximate surface area is 177 Å². The molecule has 0 saturated carbocycles. The Morgan fingerprint density at radius 2 is 1.63 bits per heavy atom. The van der Waals surface area contributed by atoms with E-state index in [0.717, 1.165) is 12.8 Å². The van der Waals surface area contributed by atoms with Crippen molar-refractivity contribution in [3.63, 3.8) is 0 Å². The van der Waals surface area contributed by atoms with Crippen molar-refractivity contribution >= 4 is 21.7 Å². The summed E-state index contributed by atoms with van der Waals surface area (Å²) in [5.74, 6) is -0.101. The number of hydrogen-bond donors (Lipinski definition) is 2. The van der Waals surface area contributed by atoms with Crippen molar-refractivity contribution in [2.75, 3.05) is 25.4 Å². The van der Waals surface area contributed by atoms with Crippen LogP contribution in [0.1, 0.15) is 36.5 Å².